The Hall–Kier alpha value is -3.76. The Morgan fingerprint density at radius 3 is 2.17 bits per heavy atom. The van der Waals surface area contributed by atoms with E-state index in [-0.39, 0.29) is 24.6 Å². The summed E-state index contributed by atoms with van der Waals surface area (Å²) in [6, 6.07) is 21.0. The number of hydrogen-bond donors (Lipinski definition) is 1. The number of benzene rings is 3. The van der Waals surface area contributed by atoms with Gasteiger partial charge < -0.3 is 10.2 Å². The molecule has 2 amide bonds. The summed E-state index contributed by atoms with van der Waals surface area (Å²) in [4.78, 5) is 29.1. The first-order valence-electron chi connectivity index (χ1n) is 13.1. The minimum atomic E-state index is -4.14. The predicted octanol–water partition coefficient (Wildman–Crippen LogP) is 3.91. The minimum Gasteiger partial charge on any atom is -0.354 e. The molecule has 3 aromatic carbocycles. The minimum absolute atomic E-state index is 0.0941. The average Bonchev–Trinajstić information content (AvgIpc) is 2.93. The largest absolute Gasteiger partial charge is 0.354 e. The van der Waals surface area contributed by atoms with Crippen molar-refractivity contribution in [2.24, 2.45) is 0 Å². The van der Waals surface area contributed by atoms with Gasteiger partial charge in [0.25, 0.3) is 0 Å². The van der Waals surface area contributed by atoms with Gasteiger partial charge in [-0.1, -0.05) is 67.1 Å². The number of anilines is 1. The van der Waals surface area contributed by atoms with E-state index in [9.17, 15) is 22.4 Å². The first kappa shape index (κ1) is 30.8. The van der Waals surface area contributed by atoms with Crippen LogP contribution in [0.2, 0.25) is 0 Å². The molecule has 3 rings (SSSR count). The van der Waals surface area contributed by atoms with Gasteiger partial charge in [-0.05, 0) is 48.7 Å². The third-order valence-electron chi connectivity index (χ3n) is 6.39. The van der Waals surface area contributed by atoms with Crippen LogP contribution in [0.3, 0.4) is 0 Å². The van der Waals surface area contributed by atoms with Gasteiger partial charge in [0.1, 0.15) is 18.4 Å². The van der Waals surface area contributed by atoms with Crippen molar-refractivity contribution in [3.8, 4) is 0 Å². The van der Waals surface area contributed by atoms with Crippen LogP contribution in [0.15, 0.2) is 78.9 Å². The summed E-state index contributed by atoms with van der Waals surface area (Å²) in [5, 5.41) is 2.91. The molecule has 1 atom stereocenters. The maximum atomic E-state index is 14.1. The maximum Gasteiger partial charge on any atom is 0.304 e. The highest BCUT2D eigenvalue weighted by Gasteiger charge is 2.34. The second-order valence-electron chi connectivity index (χ2n) is 9.78. The van der Waals surface area contributed by atoms with Gasteiger partial charge in [0.2, 0.25) is 11.8 Å². The molecule has 1 N–H and O–H groups in total. The summed E-state index contributed by atoms with van der Waals surface area (Å²) in [6.45, 7) is 3.83. The number of nitrogens with one attached hydrogen (secondary N) is 1. The van der Waals surface area contributed by atoms with Crippen molar-refractivity contribution in [1.29, 1.82) is 0 Å². The van der Waals surface area contributed by atoms with E-state index in [0.29, 0.717) is 6.54 Å². The van der Waals surface area contributed by atoms with Crippen LogP contribution in [0, 0.1) is 12.7 Å². The molecular formula is C30H37FN4O4S. The highest BCUT2D eigenvalue weighted by molar-refractivity contribution is 7.90. The molecule has 214 valence electrons. The van der Waals surface area contributed by atoms with Gasteiger partial charge in [0.05, 0.1) is 5.69 Å². The molecule has 0 aliphatic heterocycles. The second kappa shape index (κ2) is 14.0. The van der Waals surface area contributed by atoms with Gasteiger partial charge in [-0.3, -0.25) is 9.59 Å². The monoisotopic (exact) mass is 568 g/mol. The summed E-state index contributed by atoms with van der Waals surface area (Å²) < 4.78 is 42.2. The molecule has 0 aliphatic rings. The van der Waals surface area contributed by atoms with Gasteiger partial charge in [0, 0.05) is 33.6 Å². The lowest BCUT2D eigenvalue weighted by molar-refractivity contribution is -0.140. The fraction of sp³-hybridized carbons (Fsp3) is 0.333. The fourth-order valence-electron chi connectivity index (χ4n) is 4.25. The molecule has 0 aliphatic carbocycles. The van der Waals surface area contributed by atoms with Crippen molar-refractivity contribution in [2.75, 3.05) is 31.5 Å². The van der Waals surface area contributed by atoms with Crippen molar-refractivity contribution in [3.63, 3.8) is 0 Å². The van der Waals surface area contributed by atoms with E-state index in [0.717, 1.165) is 43.9 Å². The lowest BCUT2D eigenvalue weighted by Crippen LogP contribution is -2.54. The molecule has 40 heavy (non-hydrogen) atoms. The first-order chi connectivity index (χ1) is 19.0. The standard InChI is InChI=1S/C30H37FN4O4S/c1-5-18-32-30(37)28(20-24-11-7-6-8-12-24)34(21-25-13-9-10-23(2)19-25)29(36)22-35(40(38,39)33(3)4)27-16-14-26(31)15-17-27/h6-17,19,28H,5,18,20-22H2,1-4H3,(H,32,37)/t28-/m0/s1. The molecule has 0 saturated carbocycles. The van der Waals surface area contributed by atoms with E-state index >= 15 is 0 Å². The molecule has 8 nitrogen and oxygen atoms in total. The van der Waals surface area contributed by atoms with Gasteiger partial charge in [-0.15, -0.1) is 0 Å². The molecule has 3 aromatic rings. The van der Waals surface area contributed by atoms with E-state index < -0.39 is 34.5 Å². The molecule has 0 radical (unpaired) electrons. The number of carbonyl (C=O) groups excluding carboxylic acids is 2. The van der Waals surface area contributed by atoms with Crippen molar-refractivity contribution in [2.45, 2.75) is 39.3 Å². The van der Waals surface area contributed by atoms with E-state index in [1.807, 2.05) is 68.4 Å². The van der Waals surface area contributed by atoms with E-state index in [1.54, 1.807) is 0 Å². The van der Waals surface area contributed by atoms with Crippen LogP contribution >= 0.6 is 0 Å². The molecule has 0 bridgehead atoms. The van der Waals surface area contributed by atoms with Crippen molar-refractivity contribution in [1.82, 2.24) is 14.5 Å². The SMILES string of the molecule is CCCNC(=O)[C@H](Cc1ccccc1)N(Cc1cccc(C)c1)C(=O)CN(c1ccc(F)cc1)S(=O)(=O)N(C)C. The molecule has 0 aromatic heterocycles. The van der Waals surface area contributed by atoms with Crippen LogP contribution in [-0.4, -0.2) is 62.7 Å². The molecule has 0 saturated heterocycles. The maximum absolute atomic E-state index is 14.1. The fourth-order valence-corrected chi connectivity index (χ4v) is 5.31. The Morgan fingerprint density at radius 2 is 1.57 bits per heavy atom. The van der Waals surface area contributed by atoms with E-state index in [1.165, 1.54) is 31.1 Å². The Balaban J connectivity index is 2.07. The number of aryl methyl sites for hydroxylation is 1. The molecule has 0 unspecified atom stereocenters. The zero-order valence-corrected chi connectivity index (χ0v) is 24.2. The summed E-state index contributed by atoms with van der Waals surface area (Å²) >= 11 is 0. The van der Waals surface area contributed by atoms with Crippen LogP contribution in [-0.2, 0) is 32.8 Å². The Bertz CT molecular complexity index is 1380. The van der Waals surface area contributed by atoms with Crippen molar-refractivity contribution in [3.05, 3.63) is 101 Å². The number of carbonyl (C=O) groups is 2. The Morgan fingerprint density at radius 1 is 0.925 bits per heavy atom. The zero-order valence-electron chi connectivity index (χ0n) is 23.4. The molecule has 0 spiro atoms. The summed E-state index contributed by atoms with van der Waals surface area (Å²) in [6.07, 6.45) is 0.958. The van der Waals surface area contributed by atoms with Crippen LogP contribution in [0.5, 0.6) is 0 Å². The molecule has 0 fully saturated rings. The second-order valence-corrected chi connectivity index (χ2v) is 11.8. The number of amides is 2. The van der Waals surface area contributed by atoms with Crippen molar-refractivity contribution < 1.29 is 22.4 Å². The van der Waals surface area contributed by atoms with E-state index in [4.69, 9.17) is 0 Å². The van der Waals surface area contributed by atoms with Crippen LogP contribution in [0.4, 0.5) is 10.1 Å². The topological polar surface area (TPSA) is 90.0 Å². The van der Waals surface area contributed by atoms with Gasteiger partial charge in [0.15, 0.2) is 0 Å². The zero-order chi connectivity index (χ0) is 29.3. The average molecular weight is 569 g/mol. The lowest BCUT2D eigenvalue weighted by Gasteiger charge is -2.34. The highest BCUT2D eigenvalue weighted by Crippen LogP contribution is 2.22. The Labute approximate surface area is 236 Å². The molecule has 0 heterocycles. The smallest absolute Gasteiger partial charge is 0.304 e. The predicted molar refractivity (Wildman–Crippen MR) is 155 cm³/mol. The quantitative estimate of drug-likeness (QED) is 0.339. The van der Waals surface area contributed by atoms with E-state index in [2.05, 4.69) is 5.32 Å². The van der Waals surface area contributed by atoms with Crippen LogP contribution < -0.4 is 9.62 Å². The third kappa shape index (κ3) is 8.12. The van der Waals surface area contributed by atoms with Gasteiger partial charge in [-0.25, -0.2) is 8.70 Å². The normalized spacial score (nSPS) is 12.2. The van der Waals surface area contributed by atoms with Crippen molar-refractivity contribution >= 4 is 27.7 Å². The lowest BCUT2D eigenvalue weighted by atomic mass is 10.0. The highest BCUT2D eigenvalue weighted by atomic mass is 32.2. The number of rotatable bonds is 13. The molecular weight excluding hydrogens is 531 g/mol. The number of hydrogen-bond acceptors (Lipinski definition) is 4. The van der Waals surface area contributed by atoms with Crippen LogP contribution in [0.1, 0.15) is 30.0 Å². The third-order valence-corrected chi connectivity index (χ3v) is 8.21. The van der Waals surface area contributed by atoms with Gasteiger partial charge in [-0.2, -0.15) is 12.7 Å². The van der Waals surface area contributed by atoms with Crippen LogP contribution in [0.25, 0.3) is 0 Å². The number of halogens is 1. The molecule has 10 heteroatoms. The van der Waals surface area contributed by atoms with Gasteiger partial charge >= 0.3 is 10.2 Å². The summed E-state index contributed by atoms with van der Waals surface area (Å²) in [7, 11) is -1.42. The summed E-state index contributed by atoms with van der Waals surface area (Å²) in [5.74, 6) is -1.42. The number of nitrogens with zero attached hydrogens (tertiary/aromatic N) is 3. The summed E-state index contributed by atoms with van der Waals surface area (Å²) in [5.41, 5.74) is 2.79. The Kier molecular flexibility index (Phi) is 10.8. The first-order valence-corrected chi connectivity index (χ1v) is 14.5.